The van der Waals surface area contributed by atoms with Crippen molar-refractivity contribution in [1.82, 2.24) is 109 Å². The number of ether oxygens (including phenoxy) is 2. The summed E-state index contributed by atoms with van der Waals surface area (Å²) in [5, 5.41) is 96.7. The first-order valence-electron chi connectivity index (χ1n) is 51.6. The number of nitrogens with two attached hydrogens (primary N) is 3. The molecule has 0 bridgehead atoms. The van der Waals surface area contributed by atoms with Crippen LogP contribution in [0.1, 0.15) is 229 Å². The number of rotatable bonds is 66. The zero-order valence-corrected chi connectivity index (χ0v) is 86.6. The Morgan fingerprint density at radius 2 is 1.09 bits per heavy atom. The molecule has 3 aliphatic rings. The number of aryl methyl sites for hydroxylation is 1. The fourth-order valence-corrected chi connectivity index (χ4v) is 19.9. The number of fused-ring (bicyclic) bond motifs is 1. The molecule has 26 N–H and O–H groups in total. The molecule has 0 aliphatic carbocycles. The Morgan fingerprint density at radius 1 is 0.537 bits per heavy atom. The summed E-state index contributed by atoms with van der Waals surface area (Å²) in [7, 11) is 2.18. The number of hydrogen-bond donors (Lipinski definition) is 23. The molecule has 826 valence electrons. The number of likely N-dealkylation sites (tertiary alicyclic amines) is 2. The molecule has 0 saturated carbocycles. The number of carbonyl (C=O) groups is 18. The number of hydrogen-bond acceptors (Lipinski definition) is 29. The highest BCUT2D eigenvalue weighted by molar-refractivity contribution is 8.76. The molecule has 12 atom stereocenters. The van der Waals surface area contributed by atoms with Crippen LogP contribution in [0.2, 0.25) is 0 Å². The fourth-order valence-electron chi connectivity index (χ4n) is 17.7. The normalized spacial score (nSPS) is 18.9. The summed E-state index contributed by atoms with van der Waals surface area (Å²) in [5.74, 6) is -16.0. The van der Waals surface area contributed by atoms with Gasteiger partial charge in [0.15, 0.2) is 5.96 Å². The first kappa shape index (κ1) is 123. The first-order chi connectivity index (χ1) is 71.7. The van der Waals surface area contributed by atoms with E-state index in [9.17, 15) is 87.5 Å². The number of nitrogens with zero attached hydrogens (tertiary/aromatic N) is 6. The molecule has 149 heavy (non-hydrogen) atoms. The third-order valence-electron chi connectivity index (χ3n) is 25.6. The Morgan fingerprint density at radius 3 is 1.72 bits per heavy atom. The number of aliphatic carboxylic acids is 3. The SMILES string of the molecule is CC(=O)N[C@H]1CCSSC[C@@H](C(=O)N2CCC[C@H]2C(=O)N2CCC[C@H]2C(=O)N[C@@H](CCCCN)C(=O)N[C@@H](CCC(=O)O)C(=O)N[C@@H](CCCCN(CC(=O)O)CC(=O)O)C(=O)N[C@@H](CCCCNC(=O)COCCOCCNC(=O)CCCCCCCCCCCCCCCc2nnn[nH]2)C(N)=O)NC(=O)[C@H](Cc2c[nH]c3ccccc23)NC(=O)[C@H](CCCNC(=N)N)NC(=O)[C@@H](Cc2ccccc2)NC(=O)[C@H](CO)NC1=O. The predicted octanol–water partition coefficient (Wildman–Crippen LogP) is -0.383. The van der Waals surface area contributed by atoms with Crippen LogP contribution in [0.3, 0.4) is 0 Å². The maximum Gasteiger partial charge on any atom is 0.317 e. The molecule has 2 aromatic heterocycles. The van der Waals surface area contributed by atoms with Crippen molar-refractivity contribution in [1.29, 1.82) is 5.41 Å². The number of H-pyrrole nitrogens is 2. The monoisotopic (exact) mass is 2130 g/mol. The summed E-state index contributed by atoms with van der Waals surface area (Å²) in [6.45, 7) is -0.560. The van der Waals surface area contributed by atoms with Crippen molar-refractivity contribution in [2.45, 2.75) is 304 Å². The molecule has 3 fully saturated rings. The molecule has 7 rings (SSSR count). The lowest BCUT2D eigenvalue weighted by atomic mass is 10.0. The van der Waals surface area contributed by atoms with Gasteiger partial charge in [-0.2, -0.15) is 0 Å². The van der Waals surface area contributed by atoms with Crippen LogP contribution in [0, 0.1) is 5.41 Å². The highest BCUT2D eigenvalue weighted by Gasteiger charge is 2.46. The van der Waals surface area contributed by atoms with Crippen molar-refractivity contribution in [3.8, 4) is 0 Å². The topological polar surface area (TPSA) is 745 Å². The third kappa shape index (κ3) is 47.3. The number of tetrazole rings is 1. The largest absolute Gasteiger partial charge is 0.481 e. The van der Waals surface area contributed by atoms with Gasteiger partial charge in [0.1, 0.15) is 84.9 Å². The van der Waals surface area contributed by atoms with Crippen molar-refractivity contribution >= 4 is 145 Å². The van der Waals surface area contributed by atoms with Crippen LogP contribution in [-0.2, 0) is 115 Å². The van der Waals surface area contributed by atoms with Gasteiger partial charge in [0, 0.05) is 100 Å². The molecule has 49 nitrogen and oxygen atoms in total. The Labute approximate surface area is 874 Å². The second-order valence-corrected chi connectivity index (χ2v) is 40.0. The average Bonchev–Trinajstić information content (AvgIpc) is 1.66. The molecule has 15 amide bonds. The number of carboxylic acids is 3. The fraction of sp³-hybridized carbons (Fsp3) is 0.653. The number of carbonyl (C=O) groups excluding carboxylic acids is 15. The van der Waals surface area contributed by atoms with Gasteiger partial charge in [-0.25, -0.2) is 5.10 Å². The van der Waals surface area contributed by atoms with Crippen LogP contribution in [0.15, 0.2) is 60.8 Å². The number of carboxylic acid groups (broad SMARTS) is 3. The standard InChI is InChI=1S/C98H153N25O24S2/c1-63(125)107-73-43-54-148-149-62-77(116-93(141)75(56-65-57-106-67-32-19-18-31-66(65)67)114-89(137)71(36-26-46-105-98(101)102)110-92(140)74(55-64-29-14-13-15-30-64)113-94(142)76(60-124)115-91(73)139)96(144)123-50-28-38-79(123)97(145)122-49-27-37-78(122)95(143)112-70(34-20-23-44-99)88(136)111-72(41-42-83(128)129)90(138)109-69(35-22-25-48-121(58-84(130)131)59-85(132)133)87(135)108-68(86(100)134)33-21-24-45-103-82(127)61-147-53-52-146-51-47-104-81(126)40-17-12-10-8-6-4-2-3-5-7-9-11-16-39-80-117-119-120-118-80/h13-15,18-19,29-32,57,68-79,106,124H,2-12,16-17,20-28,33-56,58-62,99H2,1H3,(H2,100,134)(H,103,127)(H,104,126)(H,107,125)(H,108,135)(H,109,138)(H,110,140)(H,111,136)(H,112,143)(H,113,142)(H,114,137)(H,115,139)(H,116,141)(H,128,129)(H,130,131)(H,132,133)(H4,101,102,105)(H,117,118,119,120)/t68-,69-,70-,71-,72-,73-,74+,75-,76-,77-,78-,79-/m0/s1. The average molecular weight is 2130 g/mol. The van der Waals surface area contributed by atoms with Crippen molar-refractivity contribution in [3.63, 3.8) is 0 Å². The number of amides is 15. The number of primary amides is 1. The maximum atomic E-state index is 15.7. The van der Waals surface area contributed by atoms with E-state index in [2.05, 4.69) is 94.7 Å². The van der Waals surface area contributed by atoms with E-state index in [1.165, 1.54) is 61.2 Å². The number of benzene rings is 2. The van der Waals surface area contributed by atoms with Crippen LogP contribution >= 0.6 is 21.6 Å². The lowest BCUT2D eigenvalue weighted by Gasteiger charge is -2.33. The van der Waals surface area contributed by atoms with Gasteiger partial charge in [-0.1, -0.05) is 141 Å². The molecule has 0 radical (unpaired) electrons. The summed E-state index contributed by atoms with van der Waals surface area (Å²) in [6, 6.07) is -2.30. The number of nitrogens with one attached hydrogen (secondary N) is 16. The van der Waals surface area contributed by atoms with Gasteiger partial charge < -0.3 is 131 Å². The number of aliphatic hydroxyl groups excluding tert-OH is 1. The first-order valence-corrected chi connectivity index (χ1v) is 54.1. The van der Waals surface area contributed by atoms with Gasteiger partial charge in [-0.3, -0.25) is 96.6 Å². The van der Waals surface area contributed by atoms with E-state index in [-0.39, 0.29) is 192 Å². The minimum atomic E-state index is -1.77. The third-order valence-corrected chi connectivity index (χ3v) is 28.0. The second kappa shape index (κ2) is 69.5. The Kier molecular flexibility index (Phi) is 57.5. The molecule has 0 unspecified atom stereocenters. The maximum absolute atomic E-state index is 15.7. The van der Waals surface area contributed by atoms with Crippen molar-refractivity contribution in [3.05, 3.63) is 77.7 Å². The lowest BCUT2D eigenvalue weighted by molar-refractivity contribution is -0.148. The van der Waals surface area contributed by atoms with Gasteiger partial charge in [0.05, 0.1) is 39.5 Å². The number of guanidine groups is 1. The Bertz CT molecular complexity index is 4920. The second-order valence-electron chi connectivity index (χ2n) is 37.4. The van der Waals surface area contributed by atoms with Crippen molar-refractivity contribution in [2.24, 2.45) is 17.2 Å². The van der Waals surface area contributed by atoms with Crippen LogP contribution in [0.4, 0.5) is 0 Å². The smallest absolute Gasteiger partial charge is 0.317 e. The van der Waals surface area contributed by atoms with E-state index in [0.717, 1.165) is 77.8 Å². The lowest BCUT2D eigenvalue weighted by Crippen LogP contribution is -2.61. The Balaban J connectivity index is 0.993. The van der Waals surface area contributed by atoms with Crippen molar-refractivity contribution in [2.75, 3.05) is 103 Å². The number of aromatic amines is 2. The summed E-state index contributed by atoms with van der Waals surface area (Å²) >= 11 is 0. The van der Waals surface area contributed by atoms with Crippen LogP contribution in [0.25, 0.3) is 10.9 Å². The predicted molar refractivity (Wildman–Crippen MR) is 551 cm³/mol. The van der Waals surface area contributed by atoms with E-state index >= 15 is 19.2 Å². The molecule has 3 saturated heterocycles. The number of aromatic nitrogens is 5. The van der Waals surface area contributed by atoms with Crippen LogP contribution < -0.4 is 86.3 Å². The summed E-state index contributed by atoms with van der Waals surface area (Å²) in [5.41, 5.74) is 19.1. The zero-order valence-electron chi connectivity index (χ0n) is 84.9. The number of aliphatic hydroxyl groups is 1. The van der Waals surface area contributed by atoms with E-state index in [0.29, 0.717) is 41.4 Å². The zero-order chi connectivity index (χ0) is 108. The molecule has 0 spiro atoms. The minimum Gasteiger partial charge on any atom is -0.481 e. The van der Waals surface area contributed by atoms with Gasteiger partial charge in [0.2, 0.25) is 88.6 Å². The molecule has 5 heterocycles. The molecule has 51 heteroatoms. The van der Waals surface area contributed by atoms with Crippen LogP contribution in [-0.4, -0.2) is 349 Å². The van der Waals surface area contributed by atoms with E-state index in [1.54, 1.807) is 60.8 Å². The highest BCUT2D eigenvalue weighted by Crippen LogP contribution is 2.30. The summed E-state index contributed by atoms with van der Waals surface area (Å²) in [6.07, 6.45) is 17.1. The Hall–Kier alpha value is -12.7. The molecule has 4 aromatic rings. The van der Waals surface area contributed by atoms with Crippen LogP contribution in [0.5, 0.6) is 0 Å². The number of para-hydroxylation sites is 1. The molecular formula is C98H153N25O24S2. The quantitative estimate of drug-likeness (QED) is 0.0116. The van der Waals surface area contributed by atoms with E-state index in [4.69, 9.17) is 32.1 Å². The number of unbranched alkanes of at least 4 members (excludes halogenated alkanes) is 15. The van der Waals surface area contributed by atoms with Gasteiger partial charge in [-0.15, -0.1) is 5.10 Å². The summed E-state index contributed by atoms with van der Waals surface area (Å²) in [4.78, 5) is 257. The molecular weight excluding hydrogens is 1980 g/mol. The van der Waals surface area contributed by atoms with Crippen molar-refractivity contribution < 1.29 is 116 Å². The molecule has 3 aliphatic heterocycles. The highest BCUT2D eigenvalue weighted by atomic mass is 33.1. The minimum absolute atomic E-state index is 0.00518. The van der Waals surface area contributed by atoms with Gasteiger partial charge in [0.25, 0.3) is 0 Å². The van der Waals surface area contributed by atoms with E-state index < -0.39 is 212 Å². The van der Waals surface area contributed by atoms with Gasteiger partial charge >= 0.3 is 17.9 Å². The molecule has 2 aromatic carbocycles. The van der Waals surface area contributed by atoms with E-state index in [1.807, 2.05) is 0 Å². The summed E-state index contributed by atoms with van der Waals surface area (Å²) < 4.78 is 11.0. The van der Waals surface area contributed by atoms with Gasteiger partial charge in [-0.05, 0) is 163 Å².